The fourth-order valence-electron chi connectivity index (χ4n) is 4.33. The lowest BCUT2D eigenvalue weighted by molar-refractivity contribution is -0.0958. The van der Waals surface area contributed by atoms with Crippen molar-refractivity contribution in [1.82, 2.24) is 4.72 Å². The average Bonchev–Trinajstić information content (AvgIpc) is 2.25. The zero-order valence-electron chi connectivity index (χ0n) is 9.41. The van der Waals surface area contributed by atoms with Crippen molar-refractivity contribution in [2.45, 2.75) is 45.6 Å². The highest BCUT2D eigenvalue weighted by molar-refractivity contribution is 7.89. The van der Waals surface area contributed by atoms with Gasteiger partial charge in [0.1, 0.15) is 0 Å². The molecule has 2 saturated carbocycles. The molecule has 3 atom stereocenters. The van der Waals surface area contributed by atoms with E-state index in [1.807, 2.05) is 0 Å². The summed E-state index contributed by atoms with van der Waals surface area (Å²) >= 11 is 0. The first-order valence-corrected chi connectivity index (χ1v) is 7.51. The highest BCUT2D eigenvalue weighted by Crippen LogP contribution is 2.64. The molecule has 2 aliphatic carbocycles. The molecule has 0 bridgehead atoms. The minimum atomic E-state index is -2.96. The van der Waals surface area contributed by atoms with Gasteiger partial charge in [0, 0.05) is 11.5 Å². The highest BCUT2D eigenvalue weighted by Gasteiger charge is 2.66. The van der Waals surface area contributed by atoms with E-state index in [4.69, 9.17) is 0 Å². The normalized spacial score (nSPS) is 50.3. The van der Waals surface area contributed by atoms with Crippen molar-refractivity contribution in [3.8, 4) is 0 Å². The van der Waals surface area contributed by atoms with Gasteiger partial charge in [-0.3, -0.25) is 0 Å². The number of rotatable bonds is 0. The maximum atomic E-state index is 11.6. The Bertz CT molecular complexity index is 401. The van der Waals surface area contributed by atoms with Crippen LogP contribution in [0.25, 0.3) is 0 Å². The van der Waals surface area contributed by atoms with E-state index in [9.17, 15) is 8.42 Å². The standard InChI is InChI=1S/C11H19NO2S/c1-10(2)4-3-5-11-7-15(13,14)12-9(11)6-8(10)11/h8-9,12H,3-7H2,1-2H3/t8?,9-,11+/m0/s1. The van der Waals surface area contributed by atoms with Gasteiger partial charge in [0.25, 0.3) is 0 Å². The molecule has 0 amide bonds. The molecule has 0 radical (unpaired) electrons. The van der Waals surface area contributed by atoms with Crippen molar-refractivity contribution >= 4 is 10.0 Å². The van der Waals surface area contributed by atoms with E-state index in [2.05, 4.69) is 18.6 Å². The van der Waals surface area contributed by atoms with E-state index in [-0.39, 0.29) is 11.5 Å². The van der Waals surface area contributed by atoms with Gasteiger partial charge in [-0.25, -0.2) is 13.1 Å². The molecule has 0 aromatic heterocycles. The van der Waals surface area contributed by atoms with Gasteiger partial charge in [-0.15, -0.1) is 0 Å². The van der Waals surface area contributed by atoms with Crippen LogP contribution in [0.2, 0.25) is 0 Å². The van der Waals surface area contributed by atoms with Crippen LogP contribution in [0.15, 0.2) is 0 Å². The van der Waals surface area contributed by atoms with Gasteiger partial charge in [-0.2, -0.15) is 0 Å². The fourth-order valence-corrected chi connectivity index (χ4v) is 6.43. The summed E-state index contributed by atoms with van der Waals surface area (Å²) in [6.45, 7) is 4.61. The molecule has 3 fully saturated rings. The molecule has 3 rings (SSSR count). The van der Waals surface area contributed by atoms with Crippen LogP contribution in [0.4, 0.5) is 0 Å². The van der Waals surface area contributed by atoms with Crippen molar-refractivity contribution < 1.29 is 8.42 Å². The lowest BCUT2D eigenvalue weighted by Crippen LogP contribution is -2.61. The van der Waals surface area contributed by atoms with Crippen LogP contribution < -0.4 is 4.72 Å². The second kappa shape index (κ2) is 2.59. The van der Waals surface area contributed by atoms with Gasteiger partial charge in [-0.1, -0.05) is 20.3 Å². The zero-order chi connectivity index (χ0) is 10.9. The molecular formula is C11H19NO2S. The summed E-state index contributed by atoms with van der Waals surface area (Å²) in [6, 6.07) is 0.257. The first kappa shape index (κ1) is 10.1. The van der Waals surface area contributed by atoms with Gasteiger partial charge in [0.2, 0.25) is 10.0 Å². The number of nitrogens with one attached hydrogen (secondary N) is 1. The van der Waals surface area contributed by atoms with E-state index >= 15 is 0 Å². The van der Waals surface area contributed by atoms with Crippen LogP contribution in [0.3, 0.4) is 0 Å². The largest absolute Gasteiger partial charge is 0.212 e. The smallest absolute Gasteiger partial charge is 0.212 e. The Hall–Kier alpha value is -0.0900. The van der Waals surface area contributed by atoms with E-state index in [1.165, 1.54) is 12.8 Å². The number of sulfonamides is 1. The number of hydrogen-bond donors (Lipinski definition) is 1. The third-order valence-corrected chi connectivity index (χ3v) is 6.61. The predicted octanol–water partition coefficient (Wildman–Crippen LogP) is 1.50. The van der Waals surface area contributed by atoms with Crippen LogP contribution in [-0.2, 0) is 10.0 Å². The Labute approximate surface area is 91.7 Å². The molecule has 1 saturated heterocycles. The Morgan fingerprint density at radius 2 is 2.00 bits per heavy atom. The lowest BCUT2D eigenvalue weighted by Gasteiger charge is -2.61. The molecule has 15 heavy (non-hydrogen) atoms. The minimum absolute atomic E-state index is 0.0978. The summed E-state index contributed by atoms with van der Waals surface area (Å²) in [6.07, 6.45) is 4.62. The summed E-state index contributed by atoms with van der Waals surface area (Å²) in [7, 11) is -2.96. The quantitative estimate of drug-likeness (QED) is 0.684. The molecule has 1 N–H and O–H groups in total. The molecule has 1 spiro atoms. The third-order valence-electron chi connectivity index (χ3n) is 5.05. The number of hydrogen-bond acceptors (Lipinski definition) is 2. The first-order chi connectivity index (χ1) is 6.86. The summed E-state index contributed by atoms with van der Waals surface area (Å²) in [5.41, 5.74) is 0.441. The molecule has 0 aromatic carbocycles. The first-order valence-electron chi connectivity index (χ1n) is 5.86. The Morgan fingerprint density at radius 3 is 2.67 bits per heavy atom. The van der Waals surface area contributed by atoms with Crippen molar-refractivity contribution in [2.75, 3.05) is 5.75 Å². The van der Waals surface area contributed by atoms with E-state index < -0.39 is 10.0 Å². The fraction of sp³-hybridized carbons (Fsp3) is 1.00. The molecule has 1 aliphatic heterocycles. The van der Waals surface area contributed by atoms with Gasteiger partial charge >= 0.3 is 0 Å². The van der Waals surface area contributed by atoms with E-state index in [1.54, 1.807) is 0 Å². The van der Waals surface area contributed by atoms with Gasteiger partial charge < -0.3 is 0 Å². The Balaban J connectivity index is 1.98. The molecule has 0 aromatic rings. The topological polar surface area (TPSA) is 46.2 Å². The maximum Gasteiger partial charge on any atom is 0.212 e. The van der Waals surface area contributed by atoms with Crippen LogP contribution in [0.5, 0.6) is 0 Å². The van der Waals surface area contributed by atoms with Gasteiger partial charge in [0.05, 0.1) is 5.75 Å². The molecule has 3 nitrogen and oxygen atoms in total. The van der Waals surface area contributed by atoms with E-state index in [0.717, 1.165) is 12.8 Å². The van der Waals surface area contributed by atoms with Crippen LogP contribution >= 0.6 is 0 Å². The lowest BCUT2D eigenvalue weighted by atomic mass is 9.44. The van der Waals surface area contributed by atoms with Crippen molar-refractivity contribution in [3.63, 3.8) is 0 Å². The molecule has 4 heteroatoms. The second-order valence-electron chi connectivity index (χ2n) is 6.29. The van der Waals surface area contributed by atoms with Gasteiger partial charge in [0.15, 0.2) is 0 Å². The monoisotopic (exact) mass is 229 g/mol. The Kier molecular flexibility index (Phi) is 1.74. The molecule has 3 aliphatic rings. The summed E-state index contributed by atoms with van der Waals surface area (Å²) < 4.78 is 26.1. The third kappa shape index (κ3) is 1.18. The minimum Gasteiger partial charge on any atom is -0.212 e. The summed E-state index contributed by atoms with van der Waals surface area (Å²) in [5.74, 6) is 1.01. The molecule has 1 unspecified atom stereocenters. The van der Waals surface area contributed by atoms with Gasteiger partial charge in [-0.05, 0) is 30.6 Å². The average molecular weight is 229 g/mol. The van der Waals surface area contributed by atoms with Crippen molar-refractivity contribution in [1.29, 1.82) is 0 Å². The molecule has 1 heterocycles. The molecule has 86 valence electrons. The predicted molar refractivity (Wildman–Crippen MR) is 58.9 cm³/mol. The zero-order valence-corrected chi connectivity index (χ0v) is 10.2. The van der Waals surface area contributed by atoms with Crippen molar-refractivity contribution in [2.24, 2.45) is 16.7 Å². The van der Waals surface area contributed by atoms with E-state index in [0.29, 0.717) is 17.1 Å². The van der Waals surface area contributed by atoms with Crippen LogP contribution in [-0.4, -0.2) is 20.2 Å². The summed E-state index contributed by atoms with van der Waals surface area (Å²) in [4.78, 5) is 0. The van der Waals surface area contributed by atoms with Crippen LogP contribution in [0.1, 0.15) is 39.5 Å². The van der Waals surface area contributed by atoms with Crippen molar-refractivity contribution in [3.05, 3.63) is 0 Å². The maximum absolute atomic E-state index is 11.6. The SMILES string of the molecule is CC1(C)CCC[C@]23CS(=O)(=O)N[C@H]2CC13. The Morgan fingerprint density at radius 1 is 1.27 bits per heavy atom. The summed E-state index contributed by atoms with van der Waals surface area (Å²) in [5, 5.41) is 0. The van der Waals surface area contributed by atoms with Crippen LogP contribution in [0, 0.1) is 16.7 Å². The highest BCUT2D eigenvalue weighted by atomic mass is 32.2. The molecular weight excluding hydrogens is 210 g/mol. The second-order valence-corrected chi connectivity index (χ2v) is 8.05.